The average molecular weight is 391 g/mol. The van der Waals surface area contributed by atoms with E-state index in [0.29, 0.717) is 17.0 Å². The number of hydrogen-bond acceptors (Lipinski definition) is 4. The van der Waals surface area contributed by atoms with Gasteiger partial charge in [-0.1, -0.05) is 30.3 Å². The fourth-order valence-corrected chi connectivity index (χ4v) is 5.51. The maximum atomic E-state index is 13.4. The van der Waals surface area contributed by atoms with Crippen molar-refractivity contribution in [1.82, 2.24) is 0 Å². The lowest BCUT2D eigenvalue weighted by Gasteiger charge is -2.25. The molecule has 0 radical (unpaired) electrons. The second-order valence-electron chi connectivity index (χ2n) is 8.04. The predicted molar refractivity (Wildman–Crippen MR) is 106 cm³/mol. The molecule has 2 aromatic rings. The molecule has 0 saturated carbocycles. The van der Waals surface area contributed by atoms with E-state index in [4.69, 9.17) is 4.74 Å². The molecule has 0 spiro atoms. The summed E-state index contributed by atoms with van der Waals surface area (Å²) >= 11 is 0. The van der Waals surface area contributed by atoms with Gasteiger partial charge >= 0.3 is 0 Å². The van der Waals surface area contributed by atoms with Crippen molar-refractivity contribution in [1.29, 1.82) is 0 Å². The number of ketones is 1. The van der Waals surface area contributed by atoms with Crippen LogP contribution in [0.1, 0.15) is 23.2 Å². The molecule has 3 aliphatic heterocycles. The number of benzene rings is 2. The highest BCUT2D eigenvalue weighted by molar-refractivity contribution is 6.24. The molecule has 0 aromatic heterocycles. The van der Waals surface area contributed by atoms with Crippen LogP contribution in [-0.4, -0.2) is 43.3 Å². The SMILES string of the molecule is COc1ccc(N2C(=O)[C@@H]3[C@@H](C2=O)[C@@H](C(=O)c2ccccc2)[NH+]2CCC[C@H]32)cc1. The van der Waals surface area contributed by atoms with Gasteiger partial charge in [0, 0.05) is 18.4 Å². The number of methoxy groups -OCH3 is 1. The largest absolute Gasteiger partial charge is 0.497 e. The molecule has 5 atom stereocenters. The van der Waals surface area contributed by atoms with Crippen LogP contribution in [0, 0.1) is 11.8 Å². The van der Waals surface area contributed by atoms with Crippen LogP contribution in [0.25, 0.3) is 0 Å². The van der Waals surface area contributed by atoms with Gasteiger partial charge in [-0.05, 0) is 24.3 Å². The molecule has 29 heavy (non-hydrogen) atoms. The molecule has 3 heterocycles. The highest BCUT2D eigenvalue weighted by atomic mass is 16.5. The molecule has 148 valence electrons. The Bertz CT molecular complexity index is 972. The van der Waals surface area contributed by atoms with Gasteiger partial charge in [0.05, 0.1) is 19.3 Å². The number of anilines is 1. The minimum absolute atomic E-state index is 0.0299. The van der Waals surface area contributed by atoms with E-state index in [9.17, 15) is 14.4 Å². The van der Waals surface area contributed by atoms with Crippen molar-refractivity contribution in [2.45, 2.75) is 24.9 Å². The van der Waals surface area contributed by atoms with Crippen LogP contribution < -0.4 is 14.5 Å². The maximum absolute atomic E-state index is 13.4. The molecular formula is C23H23N2O4+. The molecule has 6 nitrogen and oxygen atoms in total. The van der Waals surface area contributed by atoms with Crippen LogP contribution in [0.3, 0.4) is 0 Å². The summed E-state index contributed by atoms with van der Waals surface area (Å²) in [5.41, 5.74) is 1.15. The van der Waals surface area contributed by atoms with Crippen LogP contribution in [0.5, 0.6) is 5.75 Å². The third-order valence-electron chi connectivity index (χ3n) is 6.72. The number of ether oxygens (including phenoxy) is 1. The van der Waals surface area contributed by atoms with Crippen LogP contribution in [0.4, 0.5) is 5.69 Å². The Kier molecular flexibility index (Phi) is 4.24. The average Bonchev–Trinajstić information content (AvgIpc) is 3.40. The number of nitrogens with one attached hydrogen (secondary N) is 1. The number of fused-ring (bicyclic) bond motifs is 3. The number of hydrogen-bond donors (Lipinski definition) is 1. The summed E-state index contributed by atoms with van der Waals surface area (Å²) in [6, 6.07) is 15.6. The van der Waals surface area contributed by atoms with E-state index in [-0.39, 0.29) is 23.6 Å². The third kappa shape index (κ3) is 2.63. The second kappa shape index (κ2) is 6.81. The molecule has 3 saturated heterocycles. The minimum atomic E-state index is -0.586. The van der Waals surface area contributed by atoms with Crippen molar-refractivity contribution < 1.29 is 24.0 Å². The van der Waals surface area contributed by atoms with Crippen molar-refractivity contribution in [3.05, 3.63) is 60.2 Å². The number of amides is 2. The number of nitrogens with zero attached hydrogens (tertiary/aromatic N) is 1. The molecule has 3 fully saturated rings. The lowest BCUT2D eigenvalue weighted by molar-refractivity contribution is -0.915. The lowest BCUT2D eigenvalue weighted by atomic mass is 9.85. The Labute approximate surface area is 169 Å². The molecule has 2 amide bonds. The standard InChI is InChI=1S/C23H22N2O4/c1-29-16-11-9-15(10-12-16)25-22(27)18-17-8-5-13-24(17)20(19(18)23(25)28)21(26)14-6-3-2-4-7-14/h2-4,6-7,9-12,17-20H,5,8,13H2,1H3/p+1/t17-,18+,19-,20+/m1/s1. The zero-order valence-electron chi connectivity index (χ0n) is 16.2. The van der Waals surface area contributed by atoms with Crippen molar-refractivity contribution >= 4 is 23.3 Å². The van der Waals surface area contributed by atoms with Gasteiger partial charge in [0.15, 0.2) is 6.04 Å². The first kappa shape index (κ1) is 18.1. The van der Waals surface area contributed by atoms with Crippen molar-refractivity contribution in [3.8, 4) is 5.75 Å². The maximum Gasteiger partial charge on any atom is 0.244 e. The normalized spacial score (nSPS) is 30.4. The molecular weight excluding hydrogens is 368 g/mol. The zero-order valence-corrected chi connectivity index (χ0v) is 16.2. The monoisotopic (exact) mass is 391 g/mol. The van der Waals surface area contributed by atoms with Crippen LogP contribution in [0.15, 0.2) is 54.6 Å². The van der Waals surface area contributed by atoms with E-state index in [1.165, 1.54) is 4.90 Å². The number of rotatable bonds is 4. The smallest absolute Gasteiger partial charge is 0.244 e. The molecule has 2 aromatic carbocycles. The molecule has 3 aliphatic rings. The third-order valence-corrected chi connectivity index (χ3v) is 6.72. The number of imide groups is 1. The van der Waals surface area contributed by atoms with E-state index in [0.717, 1.165) is 24.3 Å². The summed E-state index contributed by atoms with van der Waals surface area (Å²) in [5, 5.41) is 0. The van der Waals surface area contributed by atoms with E-state index in [1.807, 2.05) is 18.2 Å². The van der Waals surface area contributed by atoms with E-state index >= 15 is 0 Å². The molecule has 1 unspecified atom stereocenters. The number of Topliss-reactive ketones (excluding diaryl/α,β-unsaturated/α-hetero) is 1. The minimum Gasteiger partial charge on any atom is -0.497 e. The van der Waals surface area contributed by atoms with Crippen LogP contribution >= 0.6 is 0 Å². The first-order valence-electron chi connectivity index (χ1n) is 10.1. The highest BCUT2D eigenvalue weighted by Crippen LogP contribution is 2.40. The lowest BCUT2D eigenvalue weighted by Crippen LogP contribution is -3.16. The summed E-state index contributed by atoms with van der Waals surface area (Å²) in [6.45, 7) is 0.837. The van der Waals surface area contributed by atoms with Gasteiger partial charge in [0.1, 0.15) is 23.6 Å². The molecule has 6 heteroatoms. The predicted octanol–water partition coefficient (Wildman–Crippen LogP) is 1.11. The number of carbonyl (C=O) groups is 3. The van der Waals surface area contributed by atoms with Gasteiger partial charge < -0.3 is 9.64 Å². The summed E-state index contributed by atoms with van der Waals surface area (Å²) in [4.78, 5) is 42.6. The highest BCUT2D eigenvalue weighted by Gasteiger charge is 2.68. The first-order valence-corrected chi connectivity index (χ1v) is 10.1. The van der Waals surface area contributed by atoms with Crippen LogP contribution in [-0.2, 0) is 9.59 Å². The van der Waals surface area contributed by atoms with Crippen LogP contribution in [0.2, 0.25) is 0 Å². The zero-order chi connectivity index (χ0) is 20.1. The Balaban J connectivity index is 1.53. The van der Waals surface area contributed by atoms with Gasteiger partial charge in [-0.3, -0.25) is 14.4 Å². The van der Waals surface area contributed by atoms with E-state index < -0.39 is 17.9 Å². The quantitative estimate of drug-likeness (QED) is 0.626. The fourth-order valence-electron chi connectivity index (χ4n) is 5.51. The van der Waals surface area contributed by atoms with Gasteiger partial charge in [0.2, 0.25) is 17.6 Å². The van der Waals surface area contributed by atoms with Gasteiger partial charge in [-0.2, -0.15) is 0 Å². The van der Waals surface area contributed by atoms with Gasteiger partial charge in [-0.25, -0.2) is 4.90 Å². The molecule has 5 rings (SSSR count). The molecule has 1 N–H and O–H groups in total. The Morgan fingerprint density at radius 2 is 1.69 bits per heavy atom. The van der Waals surface area contributed by atoms with E-state index in [1.54, 1.807) is 43.5 Å². The summed E-state index contributed by atoms with van der Waals surface area (Å²) in [5.74, 6) is -0.786. The topological polar surface area (TPSA) is 68.1 Å². The van der Waals surface area contributed by atoms with E-state index in [2.05, 4.69) is 0 Å². The molecule has 0 bridgehead atoms. The second-order valence-corrected chi connectivity index (χ2v) is 8.04. The number of carbonyl (C=O) groups excluding carboxylic acids is 3. The van der Waals surface area contributed by atoms with Crippen molar-refractivity contribution in [2.75, 3.05) is 18.6 Å². The first-order chi connectivity index (χ1) is 14.1. The Hall–Kier alpha value is -2.99. The Morgan fingerprint density at radius 3 is 2.38 bits per heavy atom. The summed E-state index contributed by atoms with van der Waals surface area (Å²) < 4.78 is 5.18. The Morgan fingerprint density at radius 1 is 1.00 bits per heavy atom. The number of quaternary nitrogens is 1. The fraction of sp³-hybridized carbons (Fsp3) is 0.348. The molecule has 0 aliphatic carbocycles. The summed E-state index contributed by atoms with van der Waals surface area (Å²) in [6.07, 6.45) is 1.86. The van der Waals surface area contributed by atoms with Gasteiger partial charge in [0.25, 0.3) is 0 Å². The van der Waals surface area contributed by atoms with Crippen molar-refractivity contribution in [2.24, 2.45) is 11.8 Å². The van der Waals surface area contributed by atoms with Crippen molar-refractivity contribution in [3.63, 3.8) is 0 Å². The summed E-state index contributed by atoms with van der Waals surface area (Å²) in [7, 11) is 1.57. The van der Waals surface area contributed by atoms with Gasteiger partial charge in [-0.15, -0.1) is 0 Å².